The number of halogens is 1. The molecule has 5 heteroatoms. The molecule has 2 unspecified atom stereocenters. The van der Waals surface area contributed by atoms with Crippen LogP contribution in [-0.2, 0) is 4.74 Å². The molecule has 24 heavy (non-hydrogen) atoms. The number of nitrogens with zero attached hydrogens (tertiary/aromatic N) is 2. The average molecular weight is 447 g/mol. The van der Waals surface area contributed by atoms with Crippen molar-refractivity contribution in [3.05, 3.63) is 0 Å². The first kappa shape index (κ1) is 18.7. The lowest BCUT2D eigenvalue weighted by molar-refractivity contribution is 0.0217. The maximum Gasteiger partial charge on any atom is 0.193 e. The summed E-state index contributed by atoms with van der Waals surface area (Å²) in [4.78, 5) is 7.12. The van der Waals surface area contributed by atoms with E-state index in [-0.39, 0.29) is 24.0 Å². The van der Waals surface area contributed by atoms with Crippen LogP contribution in [-0.4, -0.2) is 50.3 Å². The zero-order valence-corrected chi connectivity index (χ0v) is 17.5. The molecule has 4 nitrogen and oxygen atoms in total. The van der Waals surface area contributed by atoms with E-state index in [0.717, 1.165) is 31.0 Å². The van der Waals surface area contributed by atoms with Gasteiger partial charge in [0.15, 0.2) is 5.96 Å². The fourth-order valence-electron chi connectivity index (χ4n) is 5.26. The van der Waals surface area contributed by atoms with Crippen LogP contribution in [0.25, 0.3) is 0 Å². The Labute approximate surface area is 164 Å². The van der Waals surface area contributed by atoms with Gasteiger partial charge in [-0.3, -0.25) is 4.99 Å². The van der Waals surface area contributed by atoms with Gasteiger partial charge in [0.25, 0.3) is 0 Å². The van der Waals surface area contributed by atoms with E-state index < -0.39 is 0 Å². The molecule has 2 atom stereocenters. The van der Waals surface area contributed by atoms with Gasteiger partial charge >= 0.3 is 0 Å². The molecule has 2 aliphatic carbocycles. The number of rotatable bonds is 2. The predicted octanol–water partition coefficient (Wildman–Crippen LogP) is 3.65. The summed E-state index contributed by atoms with van der Waals surface area (Å²) in [5, 5.41) is 3.80. The van der Waals surface area contributed by atoms with Crippen LogP contribution >= 0.6 is 24.0 Å². The molecular weight excluding hydrogens is 413 g/mol. The number of nitrogens with one attached hydrogen (secondary N) is 1. The first-order chi connectivity index (χ1) is 11.3. The van der Waals surface area contributed by atoms with Crippen molar-refractivity contribution in [3.8, 4) is 0 Å². The number of guanidine groups is 1. The molecule has 138 valence electrons. The summed E-state index contributed by atoms with van der Waals surface area (Å²) in [6.45, 7) is 4.25. The van der Waals surface area contributed by atoms with Gasteiger partial charge in [0, 0.05) is 39.4 Å². The molecule has 0 radical (unpaired) electrons. The molecule has 4 aliphatic rings. The molecular formula is C19H34IN3O. The predicted molar refractivity (Wildman–Crippen MR) is 109 cm³/mol. The first-order valence-electron chi connectivity index (χ1n) is 9.86. The van der Waals surface area contributed by atoms with E-state index in [9.17, 15) is 0 Å². The van der Waals surface area contributed by atoms with E-state index in [1.54, 1.807) is 0 Å². The van der Waals surface area contributed by atoms with Gasteiger partial charge in [-0.2, -0.15) is 0 Å². The summed E-state index contributed by atoms with van der Waals surface area (Å²) in [6.07, 6.45) is 12.5. The fraction of sp³-hybridized carbons (Fsp3) is 0.947. The number of likely N-dealkylation sites (tertiary alicyclic amines) is 1. The Bertz CT molecular complexity index is 444. The Balaban J connectivity index is 0.00000169. The zero-order chi connectivity index (χ0) is 15.7. The minimum atomic E-state index is 0. The molecule has 0 amide bonds. The smallest absolute Gasteiger partial charge is 0.193 e. The molecule has 0 aromatic carbocycles. The topological polar surface area (TPSA) is 36.9 Å². The molecule has 1 spiro atoms. The highest BCUT2D eigenvalue weighted by molar-refractivity contribution is 14.0. The molecule has 2 aliphatic heterocycles. The fourth-order valence-corrected chi connectivity index (χ4v) is 5.26. The molecule has 1 N–H and O–H groups in total. The third kappa shape index (κ3) is 4.02. The molecule has 0 bridgehead atoms. The van der Waals surface area contributed by atoms with Crippen LogP contribution in [0.2, 0.25) is 0 Å². The quantitative estimate of drug-likeness (QED) is 0.399. The van der Waals surface area contributed by atoms with Gasteiger partial charge in [0.2, 0.25) is 0 Å². The highest BCUT2D eigenvalue weighted by Crippen LogP contribution is 2.45. The summed E-state index contributed by atoms with van der Waals surface area (Å²) >= 11 is 0. The van der Waals surface area contributed by atoms with E-state index in [2.05, 4.69) is 15.2 Å². The molecule has 0 aromatic heterocycles. The van der Waals surface area contributed by atoms with Gasteiger partial charge in [-0.15, -0.1) is 24.0 Å². The third-order valence-electron chi connectivity index (χ3n) is 6.91. The first-order valence-corrected chi connectivity index (χ1v) is 9.86. The summed E-state index contributed by atoms with van der Waals surface area (Å²) in [5.74, 6) is 3.07. The van der Waals surface area contributed by atoms with Crippen molar-refractivity contribution in [2.75, 3.05) is 33.4 Å². The van der Waals surface area contributed by atoms with Crippen LogP contribution in [0.15, 0.2) is 4.99 Å². The highest BCUT2D eigenvalue weighted by atomic mass is 127. The molecule has 2 heterocycles. The van der Waals surface area contributed by atoms with Crippen LogP contribution in [0, 0.1) is 17.3 Å². The normalized spacial score (nSPS) is 33.4. The van der Waals surface area contributed by atoms with E-state index in [1.807, 2.05) is 7.05 Å². The Morgan fingerprint density at radius 3 is 2.58 bits per heavy atom. The van der Waals surface area contributed by atoms with Crippen molar-refractivity contribution in [1.29, 1.82) is 0 Å². The van der Waals surface area contributed by atoms with Crippen molar-refractivity contribution in [2.24, 2.45) is 22.2 Å². The summed E-state index contributed by atoms with van der Waals surface area (Å²) in [7, 11) is 1.95. The van der Waals surface area contributed by atoms with Crippen molar-refractivity contribution in [3.63, 3.8) is 0 Å². The van der Waals surface area contributed by atoms with Gasteiger partial charge in [0.1, 0.15) is 0 Å². The Hall–Kier alpha value is -0.0400. The molecule has 0 aromatic rings. The molecule has 2 saturated carbocycles. The summed E-state index contributed by atoms with van der Waals surface area (Å²) < 4.78 is 5.57. The summed E-state index contributed by atoms with van der Waals surface area (Å²) in [5.41, 5.74) is 0.502. The second-order valence-electron chi connectivity index (χ2n) is 8.38. The minimum Gasteiger partial charge on any atom is -0.381 e. The maximum atomic E-state index is 5.57. The Kier molecular flexibility index (Phi) is 6.33. The van der Waals surface area contributed by atoms with E-state index in [1.165, 1.54) is 70.9 Å². The minimum absolute atomic E-state index is 0. The lowest BCUT2D eigenvalue weighted by atomic mass is 9.80. The maximum absolute atomic E-state index is 5.57. The Morgan fingerprint density at radius 1 is 1.12 bits per heavy atom. The SMILES string of the molecule is CN=C(NC1CC1C1CCCCC1)N1CCC2(CCOCC2)C1.I. The van der Waals surface area contributed by atoms with Gasteiger partial charge in [-0.05, 0) is 42.9 Å². The summed E-state index contributed by atoms with van der Waals surface area (Å²) in [6, 6.07) is 0.697. The van der Waals surface area contributed by atoms with E-state index >= 15 is 0 Å². The van der Waals surface area contributed by atoms with E-state index in [0.29, 0.717) is 11.5 Å². The lowest BCUT2D eigenvalue weighted by Gasteiger charge is -2.33. The van der Waals surface area contributed by atoms with Crippen LogP contribution in [0.3, 0.4) is 0 Å². The monoisotopic (exact) mass is 447 g/mol. The standard InChI is InChI=1S/C19H33N3O.HI/c1-20-18(21-17-13-16(17)15-5-3-2-4-6-15)22-10-7-19(14-22)8-11-23-12-9-19;/h15-17H,2-14H2,1H3,(H,20,21);1H. The third-order valence-corrected chi connectivity index (χ3v) is 6.91. The average Bonchev–Trinajstić information content (AvgIpc) is 3.27. The molecule has 2 saturated heterocycles. The number of aliphatic imine (C=N–C) groups is 1. The molecule has 4 fully saturated rings. The van der Waals surface area contributed by atoms with Crippen molar-refractivity contribution in [1.82, 2.24) is 10.2 Å². The van der Waals surface area contributed by atoms with Crippen molar-refractivity contribution >= 4 is 29.9 Å². The number of hydrogen-bond donors (Lipinski definition) is 1. The Morgan fingerprint density at radius 2 is 1.88 bits per heavy atom. The van der Waals surface area contributed by atoms with Gasteiger partial charge in [0.05, 0.1) is 0 Å². The van der Waals surface area contributed by atoms with Crippen LogP contribution < -0.4 is 5.32 Å². The largest absolute Gasteiger partial charge is 0.381 e. The van der Waals surface area contributed by atoms with Crippen molar-refractivity contribution < 1.29 is 4.74 Å². The van der Waals surface area contributed by atoms with E-state index in [4.69, 9.17) is 4.74 Å². The lowest BCUT2D eigenvalue weighted by Crippen LogP contribution is -2.43. The zero-order valence-electron chi connectivity index (χ0n) is 15.1. The van der Waals surface area contributed by atoms with Crippen LogP contribution in [0.5, 0.6) is 0 Å². The highest BCUT2D eigenvalue weighted by Gasteiger charge is 2.45. The van der Waals surface area contributed by atoms with Crippen LogP contribution in [0.1, 0.15) is 57.8 Å². The number of ether oxygens (including phenoxy) is 1. The number of hydrogen-bond acceptors (Lipinski definition) is 2. The van der Waals surface area contributed by atoms with Crippen LogP contribution in [0.4, 0.5) is 0 Å². The van der Waals surface area contributed by atoms with Gasteiger partial charge < -0.3 is 15.0 Å². The van der Waals surface area contributed by atoms with Gasteiger partial charge in [-0.25, -0.2) is 0 Å². The van der Waals surface area contributed by atoms with Gasteiger partial charge in [-0.1, -0.05) is 32.1 Å². The van der Waals surface area contributed by atoms with Crippen molar-refractivity contribution in [2.45, 2.75) is 63.8 Å². The second-order valence-corrected chi connectivity index (χ2v) is 8.38. The molecule has 4 rings (SSSR count). The second kappa shape index (κ2) is 8.11.